The van der Waals surface area contributed by atoms with Crippen LogP contribution in [0, 0.1) is 37.8 Å². The summed E-state index contributed by atoms with van der Waals surface area (Å²) in [6.07, 6.45) is -0.421. The van der Waals surface area contributed by atoms with E-state index in [1.165, 1.54) is 6.92 Å². The molecule has 2 aromatic carbocycles. The Morgan fingerprint density at radius 3 is 1.81 bits per heavy atom. The average molecular weight is 671 g/mol. The molecule has 140 valence electrons. The van der Waals surface area contributed by atoms with Crippen LogP contribution in [0.15, 0.2) is 24.3 Å². The summed E-state index contributed by atoms with van der Waals surface area (Å²) in [4.78, 5) is 10.2. The molecule has 0 fully saturated rings. The van der Waals surface area contributed by atoms with E-state index in [2.05, 4.69) is 0 Å². The summed E-state index contributed by atoms with van der Waals surface area (Å²) in [6, 6.07) is 3.68. The molecule has 0 radical (unpaired) electrons. The maximum Gasteiger partial charge on any atom is 2.00 e. The van der Waals surface area contributed by atoms with E-state index < -0.39 is 29.4 Å². The van der Waals surface area contributed by atoms with Gasteiger partial charge in [-0.05, 0) is 69.8 Å². The van der Waals surface area contributed by atoms with Crippen LogP contribution in [0.2, 0.25) is 0 Å². The second-order valence-electron chi connectivity index (χ2n) is 4.38. The standard InChI is InChI=1S/C8H7F2IO.C7H3F2IO.CH3.BrH.Mg/c1-4(12)6-2-5(9)3-7(10)8(6)11;8-5-1-4(3-11)7(10)6(9)2-5;;;/h2-4,12H,1H3;1-3H;1H3;1H;/q;;-1;;+2/p-1. The topological polar surface area (TPSA) is 37.3 Å². The van der Waals surface area contributed by atoms with Gasteiger partial charge in [0.05, 0.1) is 13.2 Å². The quantitative estimate of drug-likeness (QED) is 0.133. The van der Waals surface area contributed by atoms with Gasteiger partial charge in [-0.2, -0.15) is 0 Å². The fourth-order valence-corrected chi connectivity index (χ4v) is 2.74. The molecule has 2 rings (SSSR count). The Labute approximate surface area is 203 Å². The van der Waals surface area contributed by atoms with Crippen LogP contribution in [0.4, 0.5) is 17.6 Å². The molecule has 1 atom stereocenters. The van der Waals surface area contributed by atoms with Crippen molar-refractivity contribution in [1.82, 2.24) is 0 Å². The third kappa shape index (κ3) is 9.13. The number of aliphatic hydroxyl groups excluding tert-OH is 1. The fourth-order valence-electron chi connectivity index (χ4n) is 1.54. The third-order valence-electron chi connectivity index (χ3n) is 2.62. The molecule has 2 aromatic rings. The number of hydrogen-bond acceptors (Lipinski definition) is 2. The zero-order valence-corrected chi connectivity index (χ0v) is 21.0. The summed E-state index contributed by atoms with van der Waals surface area (Å²) in [5.74, 6) is -2.73. The number of aliphatic hydroxyl groups is 1. The normalized spacial score (nSPS) is 10.2. The van der Waals surface area contributed by atoms with Crippen molar-refractivity contribution in [3.63, 3.8) is 0 Å². The van der Waals surface area contributed by atoms with Gasteiger partial charge in [-0.1, -0.05) is 0 Å². The van der Waals surface area contributed by atoms with Gasteiger partial charge >= 0.3 is 23.1 Å². The molecule has 0 aromatic heterocycles. The van der Waals surface area contributed by atoms with Crippen LogP contribution < -0.4 is 17.0 Å². The monoisotopic (exact) mass is 670 g/mol. The minimum atomic E-state index is -0.845. The Morgan fingerprint density at radius 2 is 1.38 bits per heavy atom. The van der Waals surface area contributed by atoms with Gasteiger partial charge in [-0.25, -0.2) is 17.6 Å². The third-order valence-corrected chi connectivity index (χ3v) is 4.90. The van der Waals surface area contributed by atoms with Crippen molar-refractivity contribution in [2.24, 2.45) is 0 Å². The molecule has 0 amide bonds. The molecule has 2 nitrogen and oxygen atoms in total. The van der Waals surface area contributed by atoms with Gasteiger partial charge < -0.3 is 29.5 Å². The maximum absolute atomic E-state index is 12.8. The molecule has 0 saturated heterocycles. The number of aldehydes is 1. The van der Waals surface area contributed by atoms with Gasteiger partial charge in [0.1, 0.15) is 23.3 Å². The van der Waals surface area contributed by atoms with Gasteiger partial charge in [0.25, 0.3) is 0 Å². The summed E-state index contributed by atoms with van der Waals surface area (Å²) in [5, 5.41) is 9.12. The fraction of sp³-hybridized carbons (Fsp3) is 0.125. The molecular weight excluding hydrogens is 658 g/mol. The number of rotatable bonds is 2. The molecule has 0 spiro atoms. The van der Waals surface area contributed by atoms with E-state index in [0.717, 1.165) is 24.3 Å². The van der Waals surface area contributed by atoms with Crippen LogP contribution in [0.1, 0.15) is 28.9 Å². The van der Waals surface area contributed by atoms with Crippen LogP contribution in [0.5, 0.6) is 0 Å². The predicted octanol–water partition coefficient (Wildman–Crippen LogP) is 2.08. The first-order chi connectivity index (χ1) is 10.7. The molecule has 0 heterocycles. The molecule has 0 aliphatic rings. The Hall–Kier alpha value is 0.496. The van der Waals surface area contributed by atoms with Crippen molar-refractivity contribution in [3.05, 3.63) is 73.2 Å². The van der Waals surface area contributed by atoms with Crippen LogP contribution >= 0.6 is 45.2 Å². The Bertz CT molecular complexity index is 734. The largest absolute Gasteiger partial charge is 2.00 e. The van der Waals surface area contributed by atoms with Crippen molar-refractivity contribution in [1.29, 1.82) is 0 Å². The van der Waals surface area contributed by atoms with E-state index in [1.54, 1.807) is 45.2 Å². The zero-order chi connectivity index (χ0) is 17.7. The van der Waals surface area contributed by atoms with Crippen molar-refractivity contribution < 1.29 is 44.4 Å². The molecule has 0 bridgehead atoms. The van der Waals surface area contributed by atoms with E-state index in [-0.39, 0.29) is 65.7 Å². The molecule has 26 heavy (non-hydrogen) atoms. The summed E-state index contributed by atoms with van der Waals surface area (Å²) in [7, 11) is 0. The van der Waals surface area contributed by atoms with E-state index >= 15 is 0 Å². The number of halogens is 7. The first-order valence-electron chi connectivity index (χ1n) is 6.09. The molecular formula is C16H13BrF4I2MgO2. The van der Waals surface area contributed by atoms with Crippen LogP contribution in [-0.2, 0) is 0 Å². The van der Waals surface area contributed by atoms with Crippen molar-refractivity contribution in [3.8, 4) is 0 Å². The molecule has 0 saturated carbocycles. The van der Waals surface area contributed by atoms with Crippen molar-refractivity contribution in [2.75, 3.05) is 0 Å². The van der Waals surface area contributed by atoms with E-state index in [4.69, 9.17) is 5.11 Å². The Morgan fingerprint density at radius 1 is 0.962 bits per heavy atom. The SMILES string of the molecule is CC(O)c1cc(F)cc(F)c1I.O=Cc1cc(F)cc(F)c1I.[Br-].[CH3-].[Mg+2]. The van der Waals surface area contributed by atoms with E-state index in [9.17, 15) is 22.4 Å². The maximum atomic E-state index is 12.8. The minimum absolute atomic E-state index is 0. The second-order valence-corrected chi connectivity index (χ2v) is 6.53. The van der Waals surface area contributed by atoms with E-state index in [1.807, 2.05) is 0 Å². The summed E-state index contributed by atoms with van der Waals surface area (Å²) < 4.78 is 50.9. The van der Waals surface area contributed by atoms with Gasteiger partial charge in [-0.15, -0.1) is 0 Å². The summed E-state index contributed by atoms with van der Waals surface area (Å²) >= 11 is 3.38. The van der Waals surface area contributed by atoms with Crippen LogP contribution in [0.3, 0.4) is 0 Å². The smallest absolute Gasteiger partial charge is 1.00 e. The molecule has 0 aliphatic carbocycles. The van der Waals surface area contributed by atoms with Gasteiger partial charge in [-0.3, -0.25) is 4.79 Å². The molecule has 10 heteroatoms. The molecule has 1 unspecified atom stereocenters. The average Bonchev–Trinajstić information content (AvgIpc) is 2.47. The first kappa shape index (κ1) is 31.2. The number of carbonyl (C=O) groups excluding carboxylic acids is 1. The van der Waals surface area contributed by atoms with Gasteiger partial charge in [0.15, 0.2) is 6.29 Å². The zero-order valence-electron chi connectivity index (χ0n) is 13.7. The van der Waals surface area contributed by atoms with Gasteiger partial charge in [0, 0.05) is 17.7 Å². The molecule has 1 N–H and O–H groups in total. The summed E-state index contributed by atoms with van der Waals surface area (Å²) in [6.45, 7) is 1.47. The van der Waals surface area contributed by atoms with Crippen LogP contribution in [0.25, 0.3) is 0 Å². The summed E-state index contributed by atoms with van der Waals surface area (Å²) in [5.41, 5.74) is 0.330. The number of carbonyl (C=O) groups is 1. The number of benzene rings is 2. The Kier molecular flexibility index (Phi) is 17.4. The first-order valence-corrected chi connectivity index (χ1v) is 8.25. The second kappa shape index (κ2) is 14.5. The minimum Gasteiger partial charge on any atom is -1.00 e. The Balaban J connectivity index is -0.000000366. The number of hydrogen-bond donors (Lipinski definition) is 1. The predicted molar refractivity (Wildman–Crippen MR) is 106 cm³/mol. The van der Waals surface area contributed by atoms with Crippen molar-refractivity contribution >= 4 is 74.5 Å². The van der Waals surface area contributed by atoms with E-state index in [0.29, 0.717) is 6.29 Å². The van der Waals surface area contributed by atoms with Crippen LogP contribution in [-0.4, -0.2) is 34.4 Å². The van der Waals surface area contributed by atoms with Crippen molar-refractivity contribution in [2.45, 2.75) is 13.0 Å². The van der Waals surface area contributed by atoms with Gasteiger partial charge in [0.2, 0.25) is 0 Å². The molecule has 0 aliphatic heterocycles.